The molecule has 0 bridgehead atoms. The lowest BCUT2D eigenvalue weighted by molar-refractivity contribution is 0.311. The minimum absolute atomic E-state index is 0. The van der Waals surface area contributed by atoms with Crippen LogP contribution in [0.1, 0.15) is 25.8 Å². The van der Waals surface area contributed by atoms with Crippen molar-refractivity contribution >= 4 is 35.6 Å². The standard InChI is InChI=1S/C21H29N3O3.HI/c1-5-12-27-18-9-7-8-16(13-18)15-23-21(22-3)24-17-10-11-19(25-4)20(14-17)26-6-2;/h7-11,13-14H,5-6,12,15H2,1-4H3,(H2,22,23,24);1H. The van der Waals surface area contributed by atoms with Crippen molar-refractivity contribution in [3.05, 3.63) is 48.0 Å². The third-order valence-electron chi connectivity index (χ3n) is 3.78. The number of aliphatic imine (C=N–C) groups is 1. The van der Waals surface area contributed by atoms with E-state index < -0.39 is 0 Å². The highest BCUT2D eigenvalue weighted by atomic mass is 127. The van der Waals surface area contributed by atoms with Crippen molar-refractivity contribution in [1.82, 2.24) is 5.32 Å². The van der Waals surface area contributed by atoms with Gasteiger partial charge in [0.25, 0.3) is 0 Å². The Hall–Kier alpha value is -2.16. The number of benzene rings is 2. The summed E-state index contributed by atoms with van der Waals surface area (Å²) < 4.78 is 16.6. The Balaban J connectivity index is 0.00000392. The number of ether oxygens (including phenoxy) is 3. The molecule has 7 heteroatoms. The molecule has 0 fully saturated rings. The zero-order valence-electron chi connectivity index (χ0n) is 17.0. The summed E-state index contributed by atoms with van der Waals surface area (Å²) in [6, 6.07) is 13.8. The summed E-state index contributed by atoms with van der Waals surface area (Å²) in [5, 5.41) is 6.58. The molecule has 0 unspecified atom stereocenters. The Morgan fingerprint density at radius 2 is 1.86 bits per heavy atom. The fourth-order valence-corrected chi connectivity index (χ4v) is 2.49. The molecule has 2 aromatic rings. The Morgan fingerprint density at radius 3 is 2.54 bits per heavy atom. The lowest BCUT2D eigenvalue weighted by Crippen LogP contribution is -2.30. The lowest BCUT2D eigenvalue weighted by atomic mass is 10.2. The zero-order chi connectivity index (χ0) is 19.5. The highest BCUT2D eigenvalue weighted by Crippen LogP contribution is 2.30. The van der Waals surface area contributed by atoms with Gasteiger partial charge in [-0.05, 0) is 43.2 Å². The average Bonchev–Trinajstić information content (AvgIpc) is 2.70. The van der Waals surface area contributed by atoms with Gasteiger partial charge in [-0.25, -0.2) is 0 Å². The summed E-state index contributed by atoms with van der Waals surface area (Å²) in [6.07, 6.45) is 0.991. The Kier molecular flexibility index (Phi) is 11.2. The summed E-state index contributed by atoms with van der Waals surface area (Å²) in [4.78, 5) is 4.28. The first-order valence-electron chi connectivity index (χ1n) is 9.20. The molecule has 154 valence electrons. The topological polar surface area (TPSA) is 64.1 Å². The summed E-state index contributed by atoms with van der Waals surface area (Å²) in [6.45, 7) is 5.97. The van der Waals surface area contributed by atoms with Gasteiger partial charge in [-0.15, -0.1) is 24.0 Å². The number of guanidine groups is 1. The number of hydrogen-bond donors (Lipinski definition) is 2. The summed E-state index contributed by atoms with van der Waals surface area (Å²) >= 11 is 0. The van der Waals surface area contributed by atoms with E-state index in [-0.39, 0.29) is 24.0 Å². The molecule has 28 heavy (non-hydrogen) atoms. The van der Waals surface area contributed by atoms with Crippen molar-refractivity contribution in [3.63, 3.8) is 0 Å². The molecule has 0 aliphatic rings. The molecule has 2 N–H and O–H groups in total. The molecule has 0 aliphatic carbocycles. The van der Waals surface area contributed by atoms with Crippen LogP contribution in [0.4, 0.5) is 5.69 Å². The molecule has 0 saturated heterocycles. The van der Waals surface area contributed by atoms with Crippen LogP contribution in [0.15, 0.2) is 47.5 Å². The fourth-order valence-electron chi connectivity index (χ4n) is 2.49. The van der Waals surface area contributed by atoms with E-state index in [1.807, 2.05) is 43.3 Å². The maximum atomic E-state index is 5.68. The van der Waals surface area contributed by atoms with E-state index in [4.69, 9.17) is 14.2 Å². The molecule has 2 aromatic carbocycles. The van der Waals surface area contributed by atoms with Crippen LogP contribution in [0.2, 0.25) is 0 Å². The smallest absolute Gasteiger partial charge is 0.195 e. The SMILES string of the molecule is CCCOc1cccc(CNC(=NC)Nc2ccc(OC)c(OCC)c2)c1.I. The van der Waals surface area contributed by atoms with Crippen LogP contribution in [0, 0.1) is 0 Å². The molecule has 0 amide bonds. The molecule has 0 aliphatic heterocycles. The van der Waals surface area contributed by atoms with Gasteiger partial charge in [-0.1, -0.05) is 19.1 Å². The van der Waals surface area contributed by atoms with Crippen molar-refractivity contribution in [2.75, 3.05) is 32.7 Å². The molecule has 0 atom stereocenters. The van der Waals surface area contributed by atoms with Crippen LogP contribution in [0.25, 0.3) is 0 Å². The second-order valence-electron chi connectivity index (χ2n) is 5.85. The van der Waals surface area contributed by atoms with Gasteiger partial charge >= 0.3 is 0 Å². The van der Waals surface area contributed by atoms with Gasteiger partial charge in [0.2, 0.25) is 0 Å². The minimum Gasteiger partial charge on any atom is -0.494 e. The first-order valence-corrected chi connectivity index (χ1v) is 9.20. The van der Waals surface area contributed by atoms with Gasteiger partial charge in [-0.2, -0.15) is 0 Å². The van der Waals surface area contributed by atoms with E-state index in [0.717, 1.165) is 30.0 Å². The van der Waals surface area contributed by atoms with Gasteiger partial charge in [0, 0.05) is 25.3 Å². The number of hydrogen-bond acceptors (Lipinski definition) is 4. The maximum absolute atomic E-state index is 5.68. The normalized spacial score (nSPS) is 10.6. The number of nitrogens with zero attached hydrogens (tertiary/aromatic N) is 1. The molecular formula is C21H30IN3O3. The quantitative estimate of drug-likeness (QED) is 0.298. The van der Waals surface area contributed by atoms with Crippen LogP contribution in [0.3, 0.4) is 0 Å². The van der Waals surface area contributed by atoms with Crippen LogP contribution >= 0.6 is 24.0 Å². The van der Waals surface area contributed by atoms with Gasteiger partial charge in [-0.3, -0.25) is 4.99 Å². The summed E-state index contributed by atoms with van der Waals surface area (Å²) in [7, 11) is 3.37. The van der Waals surface area contributed by atoms with Crippen molar-refractivity contribution in [3.8, 4) is 17.2 Å². The van der Waals surface area contributed by atoms with E-state index >= 15 is 0 Å². The van der Waals surface area contributed by atoms with Gasteiger partial charge in [0.1, 0.15) is 5.75 Å². The molecule has 2 rings (SSSR count). The van der Waals surface area contributed by atoms with Crippen LogP contribution in [0.5, 0.6) is 17.2 Å². The molecule has 6 nitrogen and oxygen atoms in total. The minimum atomic E-state index is 0. The van der Waals surface area contributed by atoms with Crippen molar-refractivity contribution in [2.45, 2.75) is 26.8 Å². The second-order valence-corrected chi connectivity index (χ2v) is 5.85. The predicted octanol–water partition coefficient (Wildman–Crippen LogP) is 4.69. The molecule has 0 heterocycles. The van der Waals surface area contributed by atoms with E-state index in [0.29, 0.717) is 30.6 Å². The van der Waals surface area contributed by atoms with Gasteiger partial charge in [0.05, 0.1) is 20.3 Å². The van der Waals surface area contributed by atoms with Crippen LogP contribution in [-0.2, 0) is 6.54 Å². The monoisotopic (exact) mass is 499 g/mol. The molecule has 0 radical (unpaired) electrons. The Morgan fingerprint density at radius 1 is 1.04 bits per heavy atom. The summed E-state index contributed by atoms with van der Waals surface area (Å²) in [5.41, 5.74) is 1.99. The Bertz CT molecular complexity index is 753. The number of nitrogens with one attached hydrogen (secondary N) is 2. The number of rotatable bonds is 9. The van der Waals surface area contributed by atoms with E-state index in [1.54, 1.807) is 14.2 Å². The largest absolute Gasteiger partial charge is 0.494 e. The number of halogens is 1. The molecule has 0 saturated carbocycles. The van der Waals surface area contributed by atoms with Gasteiger partial charge in [0.15, 0.2) is 17.5 Å². The molecular weight excluding hydrogens is 469 g/mol. The van der Waals surface area contributed by atoms with E-state index in [2.05, 4.69) is 28.6 Å². The summed E-state index contributed by atoms with van der Waals surface area (Å²) in [5.74, 6) is 2.95. The van der Waals surface area contributed by atoms with E-state index in [9.17, 15) is 0 Å². The second kappa shape index (κ2) is 13.1. The number of anilines is 1. The van der Waals surface area contributed by atoms with Gasteiger partial charge < -0.3 is 24.8 Å². The highest BCUT2D eigenvalue weighted by molar-refractivity contribution is 14.0. The molecule has 0 spiro atoms. The Labute approximate surface area is 184 Å². The number of methoxy groups -OCH3 is 1. The maximum Gasteiger partial charge on any atom is 0.195 e. The van der Waals surface area contributed by atoms with Crippen LogP contribution < -0.4 is 24.8 Å². The zero-order valence-corrected chi connectivity index (χ0v) is 19.3. The van der Waals surface area contributed by atoms with Crippen molar-refractivity contribution in [2.24, 2.45) is 4.99 Å². The predicted molar refractivity (Wildman–Crippen MR) is 126 cm³/mol. The fraction of sp³-hybridized carbons (Fsp3) is 0.381. The van der Waals surface area contributed by atoms with E-state index in [1.165, 1.54) is 0 Å². The third-order valence-corrected chi connectivity index (χ3v) is 3.78. The highest BCUT2D eigenvalue weighted by Gasteiger charge is 2.07. The van der Waals surface area contributed by atoms with Crippen LogP contribution in [-0.4, -0.2) is 33.3 Å². The van der Waals surface area contributed by atoms with Crippen molar-refractivity contribution in [1.29, 1.82) is 0 Å². The third kappa shape index (κ3) is 7.46. The first kappa shape index (κ1) is 23.9. The average molecular weight is 499 g/mol. The first-order chi connectivity index (χ1) is 13.2. The molecule has 0 aromatic heterocycles. The van der Waals surface area contributed by atoms with Crippen molar-refractivity contribution < 1.29 is 14.2 Å². The lowest BCUT2D eigenvalue weighted by Gasteiger charge is -2.15.